The Morgan fingerprint density at radius 2 is 1.78 bits per heavy atom. The van der Waals surface area contributed by atoms with Gasteiger partial charge in [0, 0.05) is 11.9 Å². The highest BCUT2D eigenvalue weighted by molar-refractivity contribution is 5.71. The highest BCUT2D eigenvalue weighted by Crippen LogP contribution is 2.16. The largest absolute Gasteiger partial charge is 0.345 e. The van der Waals surface area contributed by atoms with Crippen LogP contribution in [0.3, 0.4) is 0 Å². The summed E-state index contributed by atoms with van der Waals surface area (Å²) >= 11 is 0. The number of nitrogens with one attached hydrogen (secondary N) is 1. The summed E-state index contributed by atoms with van der Waals surface area (Å²) in [7, 11) is 0. The van der Waals surface area contributed by atoms with E-state index in [1.807, 2.05) is 54.6 Å². The predicted octanol–water partition coefficient (Wildman–Crippen LogP) is 3.49. The molecule has 0 aliphatic heterocycles. The minimum absolute atomic E-state index is 0.0687. The van der Waals surface area contributed by atoms with Crippen molar-refractivity contribution in [3.63, 3.8) is 0 Å². The Kier molecular flexibility index (Phi) is 5.25. The van der Waals surface area contributed by atoms with Crippen molar-refractivity contribution in [2.24, 2.45) is 0 Å². The van der Waals surface area contributed by atoms with E-state index in [2.05, 4.69) is 10.3 Å². The first-order valence-electron chi connectivity index (χ1n) is 6.67. The lowest BCUT2D eigenvalue weighted by Crippen LogP contribution is -2.00. The predicted molar refractivity (Wildman–Crippen MR) is 87.1 cm³/mol. The van der Waals surface area contributed by atoms with E-state index in [9.17, 15) is 0 Å². The summed E-state index contributed by atoms with van der Waals surface area (Å²) in [6, 6.07) is 18.1. The monoisotopic (exact) mass is 297 g/mol. The lowest BCUT2D eigenvalue weighted by Gasteiger charge is -2.05. The average molecular weight is 297 g/mol. The lowest BCUT2D eigenvalue weighted by molar-refractivity contribution is 1.30. The fourth-order valence-corrected chi connectivity index (χ4v) is 1.80. The summed E-state index contributed by atoms with van der Waals surface area (Å²) in [5.41, 5.74) is 2.03. The number of allylic oxidation sites excluding steroid dienone is 2. The van der Waals surface area contributed by atoms with Gasteiger partial charge in [-0.2, -0.15) is 15.8 Å². The molecule has 23 heavy (non-hydrogen) atoms. The van der Waals surface area contributed by atoms with Crippen molar-refractivity contribution in [2.75, 3.05) is 5.32 Å². The summed E-state index contributed by atoms with van der Waals surface area (Å²) in [6.07, 6.45) is 5.47. The Morgan fingerprint density at radius 3 is 2.43 bits per heavy atom. The third-order valence-electron chi connectivity index (χ3n) is 2.88. The van der Waals surface area contributed by atoms with Crippen LogP contribution in [0.1, 0.15) is 11.3 Å². The topological polar surface area (TPSA) is 96.3 Å². The maximum atomic E-state index is 9.05. The van der Waals surface area contributed by atoms with E-state index in [-0.39, 0.29) is 11.3 Å². The number of hydrogen-bond acceptors (Lipinski definition) is 5. The van der Waals surface area contributed by atoms with Crippen molar-refractivity contribution in [2.45, 2.75) is 0 Å². The van der Waals surface area contributed by atoms with Crippen molar-refractivity contribution < 1.29 is 0 Å². The van der Waals surface area contributed by atoms with E-state index in [0.717, 1.165) is 11.3 Å². The number of nitriles is 3. The van der Waals surface area contributed by atoms with Crippen LogP contribution >= 0.6 is 0 Å². The standard InChI is InChI=1S/C18H11N5/c19-11-15(12-20)18(13-21)23-17-6-3-4-14(10-17)7-8-16-5-1-2-9-22-16/h1-10,23H. The van der Waals surface area contributed by atoms with Gasteiger partial charge in [0.15, 0.2) is 5.57 Å². The van der Waals surface area contributed by atoms with Gasteiger partial charge in [-0.1, -0.05) is 24.3 Å². The van der Waals surface area contributed by atoms with Crippen LogP contribution in [0, 0.1) is 34.0 Å². The first-order chi connectivity index (χ1) is 11.3. The van der Waals surface area contributed by atoms with Crippen LogP contribution < -0.4 is 5.32 Å². The molecule has 1 aromatic carbocycles. The minimum atomic E-state index is -0.248. The van der Waals surface area contributed by atoms with Crippen LogP contribution in [0.2, 0.25) is 0 Å². The minimum Gasteiger partial charge on any atom is -0.345 e. The van der Waals surface area contributed by atoms with E-state index >= 15 is 0 Å². The molecule has 0 saturated heterocycles. The molecule has 0 aliphatic carbocycles. The molecule has 0 fully saturated rings. The second-order valence-electron chi connectivity index (χ2n) is 4.42. The molecule has 1 aromatic heterocycles. The quantitative estimate of drug-likeness (QED) is 0.871. The molecule has 1 heterocycles. The summed E-state index contributed by atoms with van der Waals surface area (Å²) in [6.45, 7) is 0. The molecule has 0 saturated carbocycles. The van der Waals surface area contributed by atoms with E-state index in [1.165, 1.54) is 0 Å². The number of rotatable bonds is 4. The number of anilines is 1. The Hall–Kier alpha value is -3.88. The third kappa shape index (κ3) is 4.29. The number of hydrogen-bond donors (Lipinski definition) is 1. The van der Waals surface area contributed by atoms with Crippen molar-refractivity contribution in [3.8, 4) is 18.2 Å². The number of pyridine rings is 1. The van der Waals surface area contributed by atoms with Crippen LogP contribution in [0.5, 0.6) is 0 Å². The molecule has 0 amide bonds. The van der Waals surface area contributed by atoms with Crippen LogP contribution in [0.25, 0.3) is 12.2 Å². The van der Waals surface area contributed by atoms with Gasteiger partial charge in [-0.15, -0.1) is 0 Å². The molecule has 0 aliphatic rings. The van der Waals surface area contributed by atoms with Gasteiger partial charge in [-0.3, -0.25) is 4.98 Å². The van der Waals surface area contributed by atoms with E-state index in [1.54, 1.807) is 24.4 Å². The van der Waals surface area contributed by atoms with E-state index < -0.39 is 0 Å². The smallest absolute Gasteiger partial charge is 0.163 e. The highest BCUT2D eigenvalue weighted by Gasteiger charge is 2.05. The van der Waals surface area contributed by atoms with Crippen LogP contribution in [0.4, 0.5) is 5.69 Å². The molecule has 108 valence electrons. The van der Waals surface area contributed by atoms with Gasteiger partial charge in [0.1, 0.15) is 23.9 Å². The van der Waals surface area contributed by atoms with Gasteiger partial charge in [0.25, 0.3) is 0 Å². The fourth-order valence-electron chi connectivity index (χ4n) is 1.80. The third-order valence-corrected chi connectivity index (χ3v) is 2.88. The molecule has 0 radical (unpaired) electrons. The van der Waals surface area contributed by atoms with E-state index in [4.69, 9.17) is 15.8 Å². The Labute approximate surface area is 134 Å². The molecule has 0 bridgehead atoms. The first-order valence-corrected chi connectivity index (χ1v) is 6.67. The zero-order valence-corrected chi connectivity index (χ0v) is 12.1. The summed E-state index contributed by atoms with van der Waals surface area (Å²) < 4.78 is 0. The second kappa shape index (κ2) is 7.78. The molecular formula is C18H11N5. The van der Waals surface area contributed by atoms with Crippen molar-refractivity contribution in [1.29, 1.82) is 15.8 Å². The molecule has 1 N–H and O–H groups in total. The van der Waals surface area contributed by atoms with Gasteiger partial charge in [-0.25, -0.2) is 0 Å². The molecule has 0 atom stereocenters. The van der Waals surface area contributed by atoms with Gasteiger partial charge >= 0.3 is 0 Å². The number of aromatic nitrogens is 1. The molecule has 2 aromatic rings. The first kappa shape index (κ1) is 15.5. The van der Waals surface area contributed by atoms with Gasteiger partial charge in [0.2, 0.25) is 0 Å². The number of nitrogens with zero attached hydrogens (tertiary/aromatic N) is 4. The Morgan fingerprint density at radius 1 is 0.957 bits per heavy atom. The van der Waals surface area contributed by atoms with Crippen LogP contribution in [-0.2, 0) is 0 Å². The maximum absolute atomic E-state index is 9.05. The van der Waals surface area contributed by atoms with Crippen LogP contribution in [-0.4, -0.2) is 4.98 Å². The van der Waals surface area contributed by atoms with E-state index in [0.29, 0.717) is 5.69 Å². The van der Waals surface area contributed by atoms with Crippen molar-refractivity contribution in [1.82, 2.24) is 4.98 Å². The molecule has 5 nitrogen and oxygen atoms in total. The zero-order chi connectivity index (χ0) is 16.5. The zero-order valence-electron chi connectivity index (χ0n) is 12.1. The SMILES string of the molecule is N#CC(C#N)=C(C#N)Nc1cccc(C=Cc2ccccn2)c1. The highest BCUT2D eigenvalue weighted by atomic mass is 14.9. The van der Waals surface area contributed by atoms with Crippen LogP contribution in [0.15, 0.2) is 59.9 Å². The maximum Gasteiger partial charge on any atom is 0.163 e. The Balaban J connectivity index is 2.23. The summed E-state index contributed by atoms with van der Waals surface area (Å²) in [5.74, 6) is 0. The molecule has 0 spiro atoms. The number of benzene rings is 1. The van der Waals surface area contributed by atoms with Gasteiger partial charge in [0.05, 0.1) is 5.69 Å². The fraction of sp³-hybridized carbons (Fsp3) is 0. The van der Waals surface area contributed by atoms with Crippen molar-refractivity contribution >= 4 is 17.8 Å². The van der Waals surface area contributed by atoms with Gasteiger partial charge < -0.3 is 5.32 Å². The molecule has 2 rings (SSSR count). The molecular weight excluding hydrogens is 286 g/mol. The van der Waals surface area contributed by atoms with Gasteiger partial charge in [-0.05, 0) is 35.9 Å². The second-order valence-corrected chi connectivity index (χ2v) is 4.42. The normalized spacial score (nSPS) is 9.43. The summed E-state index contributed by atoms with van der Waals surface area (Å²) in [5, 5.41) is 29.5. The van der Waals surface area contributed by atoms with Crippen molar-refractivity contribution in [3.05, 3.63) is 71.2 Å². The molecule has 0 unspecified atom stereocenters. The lowest BCUT2D eigenvalue weighted by atomic mass is 10.1. The molecule has 5 heteroatoms. The average Bonchev–Trinajstić information content (AvgIpc) is 2.61. The summed E-state index contributed by atoms with van der Waals surface area (Å²) in [4.78, 5) is 4.20. The Bertz CT molecular complexity index is 858.